The van der Waals surface area contributed by atoms with Gasteiger partial charge in [0, 0.05) is 0 Å². The highest BCUT2D eigenvalue weighted by atomic mass is 19.4. The molecule has 152 valence electrons. The van der Waals surface area contributed by atoms with Crippen LogP contribution in [-0.4, -0.2) is 45.0 Å². The fourth-order valence-corrected chi connectivity index (χ4v) is 3.10. The Morgan fingerprint density at radius 3 is 2.43 bits per heavy atom. The molecule has 28 heavy (non-hydrogen) atoms. The molecule has 0 spiro atoms. The first-order chi connectivity index (χ1) is 13.2. The molecule has 2 aromatic rings. The van der Waals surface area contributed by atoms with Crippen molar-refractivity contribution >= 4 is 5.82 Å². The lowest BCUT2D eigenvalue weighted by Gasteiger charge is -2.39. The Kier molecular flexibility index (Phi) is 5.87. The number of ether oxygens (including phenoxy) is 1. The molecule has 9 heteroatoms. The van der Waals surface area contributed by atoms with Crippen LogP contribution in [0, 0.1) is 0 Å². The fourth-order valence-electron chi connectivity index (χ4n) is 3.10. The van der Waals surface area contributed by atoms with Crippen molar-refractivity contribution in [1.82, 2.24) is 9.97 Å². The number of nitrogens with zero attached hydrogens (tertiary/aromatic N) is 2. The highest BCUT2D eigenvalue weighted by Crippen LogP contribution is 2.33. The molecule has 1 aromatic carbocycles. The van der Waals surface area contributed by atoms with E-state index in [0.717, 1.165) is 17.3 Å². The summed E-state index contributed by atoms with van der Waals surface area (Å²) in [7, 11) is 0. The molecular weight excluding hydrogens is 375 g/mol. The van der Waals surface area contributed by atoms with Crippen LogP contribution in [0.4, 0.5) is 19.0 Å². The Morgan fingerprint density at radius 2 is 1.82 bits per heavy atom. The van der Waals surface area contributed by atoms with Crippen LogP contribution < -0.4 is 5.32 Å². The van der Waals surface area contributed by atoms with E-state index in [1.165, 1.54) is 0 Å². The van der Waals surface area contributed by atoms with Gasteiger partial charge in [0.15, 0.2) is 5.69 Å². The van der Waals surface area contributed by atoms with Gasteiger partial charge in [0.05, 0.1) is 25.0 Å². The molecule has 1 fully saturated rings. The fraction of sp³-hybridized carbons (Fsp3) is 0.474. The van der Waals surface area contributed by atoms with E-state index in [0.29, 0.717) is 12.1 Å². The number of rotatable bonds is 4. The smallest absolute Gasteiger partial charge is 0.388 e. The van der Waals surface area contributed by atoms with Gasteiger partial charge < -0.3 is 20.3 Å². The molecule has 0 radical (unpaired) electrons. The maximum absolute atomic E-state index is 12.9. The number of hydrogen-bond donors (Lipinski definition) is 3. The van der Waals surface area contributed by atoms with Crippen LogP contribution in [0.15, 0.2) is 36.7 Å². The van der Waals surface area contributed by atoms with Crippen LogP contribution in [0.2, 0.25) is 0 Å². The van der Waals surface area contributed by atoms with Crippen LogP contribution in [-0.2, 0) is 10.9 Å². The van der Waals surface area contributed by atoms with Crippen molar-refractivity contribution in [2.75, 3.05) is 11.9 Å². The average Bonchev–Trinajstić information content (AvgIpc) is 2.65. The standard InChI is InChI=1S/C19H22F3N3O3/c1-10(2)11-3-5-12(6-4-11)18-16(17(27)13(26)9-28-18)25-15-8-23-7-14(24-15)19(20,21)22/h3-8,10,13,16-18,26-27H,9H2,1-2H3,(H,24,25)/t13-,16+,17-,18+/m0/s1. The summed E-state index contributed by atoms with van der Waals surface area (Å²) >= 11 is 0. The predicted molar refractivity (Wildman–Crippen MR) is 95.7 cm³/mol. The van der Waals surface area contributed by atoms with Gasteiger partial charge in [-0.25, -0.2) is 4.98 Å². The maximum atomic E-state index is 12.9. The number of aliphatic hydroxyl groups is 2. The van der Waals surface area contributed by atoms with E-state index in [-0.39, 0.29) is 12.4 Å². The minimum absolute atomic E-state index is 0.0930. The first-order valence-corrected chi connectivity index (χ1v) is 8.90. The molecule has 3 rings (SSSR count). The molecule has 2 heterocycles. The van der Waals surface area contributed by atoms with Gasteiger partial charge in [-0.15, -0.1) is 0 Å². The van der Waals surface area contributed by atoms with Gasteiger partial charge in [-0.05, 0) is 17.0 Å². The number of nitrogens with one attached hydrogen (secondary N) is 1. The topological polar surface area (TPSA) is 87.5 Å². The van der Waals surface area contributed by atoms with Crippen LogP contribution in [0.1, 0.15) is 42.7 Å². The van der Waals surface area contributed by atoms with Gasteiger partial charge in [-0.2, -0.15) is 13.2 Å². The highest BCUT2D eigenvalue weighted by molar-refractivity contribution is 5.37. The highest BCUT2D eigenvalue weighted by Gasteiger charge is 2.40. The first-order valence-electron chi connectivity index (χ1n) is 8.90. The minimum Gasteiger partial charge on any atom is -0.388 e. The van der Waals surface area contributed by atoms with Crippen molar-refractivity contribution in [3.63, 3.8) is 0 Å². The molecule has 1 aliphatic heterocycles. The summed E-state index contributed by atoms with van der Waals surface area (Å²) in [6.07, 6.45) is -6.02. The number of aromatic nitrogens is 2. The monoisotopic (exact) mass is 397 g/mol. The number of anilines is 1. The molecule has 0 saturated carbocycles. The van der Waals surface area contributed by atoms with E-state index in [1.54, 1.807) is 0 Å². The van der Waals surface area contributed by atoms with Gasteiger partial charge in [0.25, 0.3) is 0 Å². The van der Waals surface area contributed by atoms with E-state index < -0.39 is 36.2 Å². The van der Waals surface area contributed by atoms with Crippen molar-refractivity contribution in [3.8, 4) is 0 Å². The molecule has 0 unspecified atom stereocenters. The predicted octanol–water partition coefficient (Wildman–Crippen LogP) is 2.89. The van der Waals surface area contributed by atoms with Gasteiger partial charge >= 0.3 is 6.18 Å². The number of alkyl halides is 3. The molecule has 6 nitrogen and oxygen atoms in total. The number of aliphatic hydroxyl groups excluding tert-OH is 2. The summed E-state index contributed by atoms with van der Waals surface area (Å²) in [6, 6.07) is 6.64. The van der Waals surface area contributed by atoms with Crippen molar-refractivity contribution in [1.29, 1.82) is 0 Å². The normalized spacial score (nSPS) is 25.7. The van der Waals surface area contributed by atoms with Crippen LogP contribution in [0.25, 0.3) is 0 Å². The van der Waals surface area contributed by atoms with Gasteiger partial charge in [-0.1, -0.05) is 38.1 Å². The zero-order chi connectivity index (χ0) is 20.5. The van der Waals surface area contributed by atoms with E-state index >= 15 is 0 Å². The van der Waals surface area contributed by atoms with Gasteiger partial charge in [0.1, 0.15) is 24.1 Å². The van der Waals surface area contributed by atoms with Crippen molar-refractivity contribution in [2.24, 2.45) is 0 Å². The molecule has 0 aliphatic carbocycles. The Hall–Kier alpha value is -2.23. The average molecular weight is 397 g/mol. The molecule has 4 atom stereocenters. The molecule has 3 N–H and O–H groups in total. The largest absolute Gasteiger partial charge is 0.434 e. The lowest BCUT2D eigenvalue weighted by molar-refractivity contribution is -0.141. The third-order valence-corrected chi connectivity index (χ3v) is 4.71. The van der Waals surface area contributed by atoms with Crippen LogP contribution in [0.3, 0.4) is 0 Å². The molecule has 0 bridgehead atoms. The second kappa shape index (κ2) is 8.02. The Labute approximate surface area is 160 Å². The van der Waals surface area contributed by atoms with Crippen LogP contribution >= 0.6 is 0 Å². The van der Waals surface area contributed by atoms with Crippen LogP contribution in [0.5, 0.6) is 0 Å². The summed E-state index contributed by atoms with van der Waals surface area (Å²) in [5.41, 5.74) is 0.697. The number of benzene rings is 1. The summed E-state index contributed by atoms with van der Waals surface area (Å²) < 4.78 is 44.3. The molecule has 0 amide bonds. The zero-order valence-electron chi connectivity index (χ0n) is 15.4. The third kappa shape index (κ3) is 4.43. The van der Waals surface area contributed by atoms with Crippen molar-refractivity contribution < 1.29 is 28.1 Å². The number of halogens is 3. The summed E-state index contributed by atoms with van der Waals surface area (Å²) in [5.74, 6) is 0.170. The van der Waals surface area contributed by atoms with E-state index in [2.05, 4.69) is 29.1 Å². The Balaban J connectivity index is 1.88. The van der Waals surface area contributed by atoms with E-state index in [1.807, 2.05) is 24.3 Å². The first kappa shape index (κ1) is 20.5. The molecule has 1 saturated heterocycles. The van der Waals surface area contributed by atoms with E-state index in [9.17, 15) is 23.4 Å². The Bertz CT molecular complexity index is 799. The quantitative estimate of drug-likeness (QED) is 0.736. The summed E-state index contributed by atoms with van der Waals surface area (Å²) in [6.45, 7) is 4.02. The lowest BCUT2D eigenvalue weighted by Crippen LogP contribution is -2.52. The SMILES string of the molecule is CC(C)c1ccc([C@H]2OC[C@H](O)[C@H](O)[C@H]2Nc2cncc(C(F)(F)F)n2)cc1. The zero-order valence-corrected chi connectivity index (χ0v) is 15.4. The van der Waals surface area contributed by atoms with Gasteiger partial charge in [-0.3, -0.25) is 4.98 Å². The Morgan fingerprint density at radius 1 is 1.14 bits per heavy atom. The number of hydrogen-bond acceptors (Lipinski definition) is 6. The summed E-state index contributed by atoms with van der Waals surface area (Å²) in [5, 5.41) is 23.2. The van der Waals surface area contributed by atoms with Crippen molar-refractivity contribution in [3.05, 3.63) is 53.5 Å². The second-order valence-electron chi connectivity index (χ2n) is 7.09. The summed E-state index contributed by atoms with van der Waals surface area (Å²) in [4.78, 5) is 7.08. The lowest BCUT2D eigenvalue weighted by atomic mass is 9.91. The molecule has 1 aliphatic rings. The maximum Gasteiger partial charge on any atom is 0.434 e. The van der Waals surface area contributed by atoms with Crippen molar-refractivity contribution in [2.45, 2.75) is 50.3 Å². The third-order valence-electron chi connectivity index (χ3n) is 4.71. The second-order valence-corrected chi connectivity index (χ2v) is 7.09. The molecule has 1 aromatic heterocycles. The van der Waals surface area contributed by atoms with E-state index in [4.69, 9.17) is 4.74 Å². The molecular formula is C19H22F3N3O3. The minimum atomic E-state index is -4.64. The van der Waals surface area contributed by atoms with Gasteiger partial charge in [0.2, 0.25) is 0 Å².